The van der Waals surface area contributed by atoms with Crippen molar-refractivity contribution >= 4 is 27.4 Å². The average Bonchev–Trinajstić information content (AvgIpc) is 3.13. The molecule has 0 bridgehead atoms. The van der Waals surface area contributed by atoms with Gasteiger partial charge in [-0.25, -0.2) is 22.8 Å². The molecule has 3 aromatic rings. The maximum absolute atomic E-state index is 14.8. The van der Waals surface area contributed by atoms with Crippen LogP contribution in [-0.2, 0) is 9.84 Å². The fraction of sp³-hybridized carbons (Fsp3) is 0.333. The minimum absolute atomic E-state index is 0.166. The Morgan fingerprint density at radius 2 is 1.91 bits per heavy atom. The van der Waals surface area contributed by atoms with Gasteiger partial charge in [0, 0.05) is 12.6 Å². The van der Waals surface area contributed by atoms with Crippen molar-refractivity contribution in [2.45, 2.75) is 30.7 Å². The second kappa shape index (κ2) is 9.03. The van der Waals surface area contributed by atoms with Gasteiger partial charge in [-0.05, 0) is 61.1 Å². The molecular weight excluding hydrogens is 481 g/mol. The van der Waals surface area contributed by atoms with Crippen molar-refractivity contribution in [3.05, 3.63) is 59.6 Å². The zero-order valence-electron chi connectivity index (χ0n) is 18.4. The molecule has 3 heterocycles. The normalized spacial score (nSPS) is 21.1. The van der Waals surface area contributed by atoms with Crippen molar-refractivity contribution in [3.8, 4) is 22.6 Å². The molecule has 2 aromatic carbocycles. The van der Waals surface area contributed by atoms with Gasteiger partial charge in [-0.1, -0.05) is 23.7 Å². The Bertz CT molecular complexity index is 1320. The molecule has 0 unspecified atom stereocenters. The van der Waals surface area contributed by atoms with Crippen molar-refractivity contribution in [1.82, 2.24) is 9.97 Å². The number of ether oxygens (including phenoxy) is 2. The molecule has 2 aliphatic rings. The largest absolute Gasteiger partial charge is 0.490 e. The first-order chi connectivity index (χ1) is 16.3. The second-order valence-corrected chi connectivity index (χ2v) is 11.0. The molecule has 34 heavy (non-hydrogen) atoms. The summed E-state index contributed by atoms with van der Waals surface area (Å²) >= 11 is 5.88. The van der Waals surface area contributed by atoms with Gasteiger partial charge >= 0.3 is 0 Å². The van der Waals surface area contributed by atoms with Crippen LogP contribution in [0.15, 0.2) is 53.7 Å². The number of piperidine rings is 1. The Kier molecular flexibility index (Phi) is 6.07. The van der Waals surface area contributed by atoms with Gasteiger partial charge < -0.3 is 14.4 Å². The Balaban J connectivity index is 1.21. The minimum atomic E-state index is -3.39. The van der Waals surface area contributed by atoms with Crippen molar-refractivity contribution in [2.75, 3.05) is 24.0 Å². The van der Waals surface area contributed by atoms with Crippen molar-refractivity contribution in [3.63, 3.8) is 0 Å². The highest BCUT2D eigenvalue weighted by Gasteiger charge is 2.29. The molecule has 0 spiro atoms. The molecule has 1 aromatic heterocycles. The third-order valence-electron chi connectivity index (χ3n) is 6.24. The number of nitrogens with zero attached hydrogens (tertiary/aromatic N) is 3. The van der Waals surface area contributed by atoms with Crippen LogP contribution in [0.25, 0.3) is 11.1 Å². The van der Waals surface area contributed by atoms with Gasteiger partial charge in [-0.15, -0.1) is 0 Å². The van der Waals surface area contributed by atoms with Gasteiger partial charge in [0.05, 0.1) is 24.0 Å². The molecule has 0 radical (unpaired) electrons. The van der Waals surface area contributed by atoms with Crippen LogP contribution >= 0.6 is 11.6 Å². The minimum Gasteiger partial charge on any atom is -0.490 e. The molecule has 2 atom stereocenters. The summed E-state index contributed by atoms with van der Waals surface area (Å²) in [5.74, 6) is 0.604. The first-order valence-electron chi connectivity index (χ1n) is 11.0. The predicted molar refractivity (Wildman–Crippen MR) is 127 cm³/mol. The zero-order chi connectivity index (χ0) is 23.9. The van der Waals surface area contributed by atoms with E-state index in [0.29, 0.717) is 34.5 Å². The summed E-state index contributed by atoms with van der Waals surface area (Å²) in [6.45, 7) is 3.32. The maximum atomic E-state index is 14.8. The van der Waals surface area contributed by atoms with Crippen LogP contribution < -0.4 is 14.4 Å². The summed E-state index contributed by atoms with van der Waals surface area (Å²) in [7, 11) is -3.39. The number of halogens is 2. The summed E-state index contributed by atoms with van der Waals surface area (Å²) in [4.78, 5) is 10.9. The lowest BCUT2D eigenvalue weighted by molar-refractivity contribution is 0.202. The molecule has 1 fully saturated rings. The van der Waals surface area contributed by atoms with E-state index in [1.165, 1.54) is 12.1 Å². The maximum Gasteiger partial charge on any atom is 0.225 e. The Morgan fingerprint density at radius 1 is 1.18 bits per heavy atom. The van der Waals surface area contributed by atoms with Gasteiger partial charge in [0.1, 0.15) is 10.6 Å². The smallest absolute Gasteiger partial charge is 0.225 e. The van der Waals surface area contributed by atoms with E-state index < -0.39 is 15.7 Å². The van der Waals surface area contributed by atoms with E-state index >= 15 is 0 Å². The van der Waals surface area contributed by atoms with Gasteiger partial charge in [-0.3, -0.25) is 0 Å². The molecule has 0 saturated carbocycles. The number of benzene rings is 2. The zero-order valence-corrected chi connectivity index (χ0v) is 20.0. The van der Waals surface area contributed by atoms with E-state index in [0.717, 1.165) is 19.4 Å². The van der Waals surface area contributed by atoms with Gasteiger partial charge in [0.2, 0.25) is 15.8 Å². The lowest BCUT2D eigenvalue weighted by atomic mass is 9.92. The second-order valence-electron chi connectivity index (χ2n) is 8.63. The van der Waals surface area contributed by atoms with E-state index in [-0.39, 0.29) is 28.5 Å². The summed E-state index contributed by atoms with van der Waals surface area (Å²) < 4.78 is 49.7. The summed E-state index contributed by atoms with van der Waals surface area (Å²) in [5.41, 5.74) is 1.29. The lowest BCUT2D eigenvalue weighted by Gasteiger charge is -2.37. The molecule has 1 saturated heterocycles. The highest BCUT2D eigenvalue weighted by Crippen LogP contribution is 2.36. The SMILES string of the molecule is C[C@H]1C[C@@H](COc2ccc(-c3ccc4c(c3)OCS4(=O)=O)cc2F)CCN1c1ncc(Cl)cn1. The number of fused-ring (bicyclic) bond motifs is 1. The van der Waals surface area contributed by atoms with E-state index in [1.54, 1.807) is 36.7 Å². The summed E-state index contributed by atoms with van der Waals surface area (Å²) in [6.07, 6.45) is 4.95. The van der Waals surface area contributed by atoms with E-state index in [1.807, 2.05) is 0 Å². The molecule has 10 heteroatoms. The lowest BCUT2D eigenvalue weighted by Crippen LogP contribution is -2.43. The van der Waals surface area contributed by atoms with Crippen LogP contribution in [0.5, 0.6) is 11.5 Å². The number of anilines is 1. The summed E-state index contributed by atoms with van der Waals surface area (Å²) in [5, 5.41) is 0.505. The summed E-state index contributed by atoms with van der Waals surface area (Å²) in [6, 6.07) is 9.75. The van der Waals surface area contributed by atoms with Gasteiger partial charge in [-0.2, -0.15) is 0 Å². The Labute approximate surface area is 202 Å². The molecule has 0 aliphatic carbocycles. The quantitative estimate of drug-likeness (QED) is 0.497. The average molecular weight is 504 g/mol. The monoisotopic (exact) mass is 503 g/mol. The van der Waals surface area contributed by atoms with E-state index in [9.17, 15) is 12.8 Å². The van der Waals surface area contributed by atoms with Crippen LogP contribution in [0.4, 0.5) is 10.3 Å². The van der Waals surface area contributed by atoms with Crippen molar-refractivity contribution < 1.29 is 22.3 Å². The van der Waals surface area contributed by atoms with Crippen LogP contribution in [-0.4, -0.2) is 43.5 Å². The Hall–Kier alpha value is -2.91. The molecular formula is C24H23ClFN3O4S. The number of hydrogen-bond acceptors (Lipinski definition) is 7. The molecule has 178 valence electrons. The topological polar surface area (TPSA) is 81.6 Å². The number of hydrogen-bond donors (Lipinski definition) is 0. The fourth-order valence-electron chi connectivity index (χ4n) is 4.44. The number of sulfone groups is 1. The van der Waals surface area contributed by atoms with Crippen LogP contribution in [0, 0.1) is 11.7 Å². The van der Waals surface area contributed by atoms with Crippen molar-refractivity contribution in [2.24, 2.45) is 5.92 Å². The molecule has 0 N–H and O–H groups in total. The van der Waals surface area contributed by atoms with Gasteiger partial charge in [0.25, 0.3) is 0 Å². The number of aromatic nitrogens is 2. The molecule has 0 amide bonds. The van der Waals surface area contributed by atoms with Crippen LogP contribution in [0.2, 0.25) is 5.02 Å². The van der Waals surface area contributed by atoms with Crippen molar-refractivity contribution in [1.29, 1.82) is 0 Å². The fourth-order valence-corrected chi connectivity index (χ4v) is 5.65. The molecule has 7 nitrogen and oxygen atoms in total. The van der Waals surface area contributed by atoms with Gasteiger partial charge in [0.15, 0.2) is 17.5 Å². The Morgan fingerprint density at radius 3 is 2.65 bits per heavy atom. The third-order valence-corrected chi connectivity index (χ3v) is 7.87. The molecule has 2 aliphatic heterocycles. The highest BCUT2D eigenvalue weighted by atomic mass is 35.5. The highest BCUT2D eigenvalue weighted by molar-refractivity contribution is 7.91. The predicted octanol–water partition coefficient (Wildman–Crippen LogP) is 4.74. The first kappa shape index (κ1) is 22.9. The first-order valence-corrected chi connectivity index (χ1v) is 13.0. The van der Waals surface area contributed by atoms with E-state index in [2.05, 4.69) is 21.8 Å². The number of rotatable bonds is 5. The van der Waals surface area contributed by atoms with Crippen LogP contribution in [0.3, 0.4) is 0 Å². The standard InChI is InChI=1S/C24H23ClFN3O4S/c1-15-8-16(6-7-29(15)24-27-11-19(25)12-28-24)13-32-21-4-2-17(9-20(21)26)18-3-5-23-22(10-18)33-14-34(23,30)31/h2-5,9-12,15-16H,6-8,13-14H2,1H3/t15-,16-/m0/s1. The molecule has 5 rings (SSSR count). The van der Waals surface area contributed by atoms with Crippen LogP contribution in [0.1, 0.15) is 19.8 Å². The third kappa shape index (κ3) is 4.54. The van der Waals surface area contributed by atoms with E-state index in [4.69, 9.17) is 21.1 Å².